The molecule has 0 radical (unpaired) electrons. The van der Waals surface area contributed by atoms with Crippen molar-refractivity contribution in [2.45, 2.75) is 6.42 Å². The first-order valence-electron chi connectivity index (χ1n) is 7.51. The van der Waals surface area contributed by atoms with E-state index < -0.39 is 0 Å². The highest BCUT2D eigenvalue weighted by atomic mass is 79.9. The van der Waals surface area contributed by atoms with Gasteiger partial charge in [-0.15, -0.1) is 11.3 Å². The third-order valence-electron chi connectivity index (χ3n) is 3.68. The number of anilines is 1. The maximum absolute atomic E-state index is 12.2. The molecule has 2 aromatic heterocycles. The standard InChI is InChI=1S/C15H18BrN5OS/c16-13-3-2-12(23-13)4-7-19-15(22)21-10-8-20(9-11-21)14-17-5-1-6-18-14/h1-3,5-6H,4,7-11H2,(H,19,22). The molecule has 6 nitrogen and oxygen atoms in total. The second-order valence-electron chi connectivity index (χ2n) is 5.21. The number of hydrogen-bond donors (Lipinski definition) is 1. The first-order valence-corrected chi connectivity index (χ1v) is 9.12. The van der Waals surface area contributed by atoms with Crippen LogP contribution in [0, 0.1) is 0 Å². The van der Waals surface area contributed by atoms with Crippen LogP contribution in [0.15, 0.2) is 34.4 Å². The minimum Gasteiger partial charge on any atom is -0.338 e. The molecule has 8 heteroatoms. The molecular weight excluding hydrogens is 378 g/mol. The molecule has 1 N–H and O–H groups in total. The van der Waals surface area contributed by atoms with Gasteiger partial charge in [-0.25, -0.2) is 14.8 Å². The minimum absolute atomic E-state index is 0.00857. The van der Waals surface area contributed by atoms with Gasteiger partial charge in [-0.3, -0.25) is 0 Å². The van der Waals surface area contributed by atoms with Crippen molar-refractivity contribution in [2.75, 3.05) is 37.6 Å². The Morgan fingerprint density at radius 2 is 1.96 bits per heavy atom. The molecule has 0 spiro atoms. The van der Waals surface area contributed by atoms with Gasteiger partial charge in [0.2, 0.25) is 5.95 Å². The number of rotatable bonds is 4. The highest BCUT2D eigenvalue weighted by Gasteiger charge is 2.22. The maximum atomic E-state index is 12.2. The molecule has 3 rings (SSSR count). The lowest BCUT2D eigenvalue weighted by Gasteiger charge is -2.34. The molecule has 0 aromatic carbocycles. The zero-order valence-electron chi connectivity index (χ0n) is 12.6. The molecule has 1 aliphatic heterocycles. The summed E-state index contributed by atoms with van der Waals surface area (Å²) in [6.45, 7) is 3.56. The largest absolute Gasteiger partial charge is 0.338 e. The van der Waals surface area contributed by atoms with E-state index in [1.165, 1.54) is 4.88 Å². The van der Waals surface area contributed by atoms with E-state index in [1.807, 2.05) is 11.0 Å². The fraction of sp³-hybridized carbons (Fsp3) is 0.400. The third kappa shape index (κ3) is 4.42. The number of amides is 2. The van der Waals surface area contributed by atoms with E-state index in [1.54, 1.807) is 29.8 Å². The number of carbonyl (C=O) groups is 1. The predicted molar refractivity (Wildman–Crippen MR) is 94.9 cm³/mol. The van der Waals surface area contributed by atoms with Gasteiger partial charge in [-0.05, 0) is 40.5 Å². The molecule has 0 atom stereocenters. The van der Waals surface area contributed by atoms with Crippen molar-refractivity contribution in [3.8, 4) is 0 Å². The van der Waals surface area contributed by atoms with Crippen LogP contribution in [0.5, 0.6) is 0 Å². The fourth-order valence-electron chi connectivity index (χ4n) is 2.45. The molecule has 23 heavy (non-hydrogen) atoms. The van der Waals surface area contributed by atoms with Crippen molar-refractivity contribution >= 4 is 39.2 Å². The molecule has 1 aliphatic rings. The molecule has 122 valence electrons. The first-order chi connectivity index (χ1) is 11.2. The number of thiophene rings is 1. The maximum Gasteiger partial charge on any atom is 0.317 e. The zero-order chi connectivity index (χ0) is 16.1. The van der Waals surface area contributed by atoms with E-state index in [-0.39, 0.29) is 6.03 Å². The van der Waals surface area contributed by atoms with Crippen molar-refractivity contribution in [3.63, 3.8) is 0 Å². The summed E-state index contributed by atoms with van der Waals surface area (Å²) in [5, 5.41) is 2.99. The van der Waals surface area contributed by atoms with Crippen LogP contribution in [-0.2, 0) is 6.42 Å². The Labute approximate surface area is 147 Å². The van der Waals surface area contributed by atoms with Crippen molar-refractivity contribution in [1.82, 2.24) is 20.2 Å². The number of hydrogen-bond acceptors (Lipinski definition) is 5. The van der Waals surface area contributed by atoms with Gasteiger partial charge in [0.1, 0.15) is 0 Å². The van der Waals surface area contributed by atoms with Gasteiger partial charge in [-0.2, -0.15) is 0 Å². The lowest BCUT2D eigenvalue weighted by molar-refractivity contribution is 0.194. The second kappa shape index (κ2) is 7.74. The van der Waals surface area contributed by atoms with E-state index in [9.17, 15) is 4.79 Å². The Balaban J connectivity index is 1.41. The number of nitrogens with zero attached hydrogens (tertiary/aromatic N) is 4. The molecule has 3 heterocycles. The smallest absolute Gasteiger partial charge is 0.317 e. The quantitative estimate of drug-likeness (QED) is 0.862. The highest BCUT2D eigenvalue weighted by Crippen LogP contribution is 2.22. The summed E-state index contributed by atoms with van der Waals surface area (Å²) < 4.78 is 1.12. The van der Waals surface area contributed by atoms with Gasteiger partial charge in [0.25, 0.3) is 0 Å². The molecule has 0 saturated carbocycles. The monoisotopic (exact) mass is 395 g/mol. The van der Waals surface area contributed by atoms with Crippen molar-refractivity contribution in [1.29, 1.82) is 0 Å². The van der Waals surface area contributed by atoms with E-state index in [4.69, 9.17) is 0 Å². The number of aromatic nitrogens is 2. The number of nitrogens with one attached hydrogen (secondary N) is 1. The summed E-state index contributed by atoms with van der Waals surface area (Å²) in [7, 11) is 0. The van der Waals surface area contributed by atoms with Crippen LogP contribution in [0.3, 0.4) is 0 Å². The van der Waals surface area contributed by atoms with Crippen LogP contribution >= 0.6 is 27.3 Å². The van der Waals surface area contributed by atoms with Crippen LogP contribution in [0.1, 0.15) is 4.88 Å². The lowest BCUT2D eigenvalue weighted by Crippen LogP contribution is -2.52. The number of piperazine rings is 1. The highest BCUT2D eigenvalue weighted by molar-refractivity contribution is 9.11. The fourth-order valence-corrected chi connectivity index (χ4v) is 3.94. The van der Waals surface area contributed by atoms with E-state index in [0.29, 0.717) is 19.6 Å². The van der Waals surface area contributed by atoms with Crippen LogP contribution in [0.25, 0.3) is 0 Å². The molecule has 1 saturated heterocycles. The van der Waals surface area contributed by atoms with Crippen LogP contribution in [0.2, 0.25) is 0 Å². The minimum atomic E-state index is 0.00857. The number of urea groups is 1. The van der Waals surface area contributed by atoms with Crippen LogP contribution in [-0.4, -0.2) is 53.6 Å². The Morgan fingerprint density at radius 1 is 1.22 bits per heavy atom. The molecule has 0 unspecified atom stereocenters. The summed E-state index contributed by atoms with van der Waals surface area (Å²) in [6, 6.07) is 5.93. The molecular formula is C15H18BrN5OS. The second-order valence-corrected chi connectivity index (χ2v) is 7.76. The summed E-state index contributed by atoms with van der Waals surface area (Å²) in [6.07, 6.45) is 4.34. The van der Waals surface area contributed by atoms with Crippen molar-refractivity contribution in [2.24, 2.45) is 0 Å². The van der Waals surface area contributed by atoms with Gasteiger partial charge in [0, 0.05) is 50.0 Å². The summed E-state index contributed by atoms with van der Waals surface area (Å²) in [4.78, 5) is 25.9. The Bertz CT molecular complexity index is 642. The number of halogens is 1. The number of carbonyl (C=O) groups excluding carboxylic acids is 1. The van der Waals surface area contributed by atoms with Gasteiger partial charge in [0.15, 0.2) is 0 Å². The van der Waals surface area contributed by atoms with Crippen LogP contribution < -0.4 is 10.2 Å². The van der Waals surface area contributed by atoms with E-state index >= 15 is 0 Å². The van der Waals surface area contributed by atoms with Crippen molar-refractivity contribution < 1.29 is 4.79 Å². The van der Waals surface area contributed by atoms with Gasteiger partial charge in [-0.1, -0.05) is 0 Å². The van der Waals surface area contributed by atoms with Crippen molar-refractivity contribution in [3.05, 3.63) is 39.3 Å². The Hall–Kier alpha value is -1.67. The van der Waals surface area contributed by atoms with Gasteiger partial charge < -0.3 is 15.1 Å². The van der Waals surface area contributed by atoms with Gasteiger partial charge >= 0.3 is 6.03 Å². The zero-order valence-corrected chi connectivity index (χ0v) is 15.0. The Morgan fingerprint density at radius 3 is 2.61 bits per heavy atom. The normalized spacial score (nSPS) is 14.8. The Kier molecular flexibility index (Phi) is 5.45. The summed E-state index contributed by atoms with van der Waals surface area (Å²) in [5.41, 5.74) is 0. The molecule has 1 fully saturated rings. The SMILES string of the molecule is O=C(NCCc1ccc(Br)s1)N1CCN(c2ncccn2)CC1. The van der Waals surface area contributed by atoms with Crippen LogP contribution in [0.4, 0.5) is 10.7 Å². The summed E-state index contributed by atoms with van der Waals surface area (Å²) in [5.74, 6) is 0.732. The molecule has 2 aromatic rings. The average Bonchev–Trinajstić information content (AvgIpc) is 3.01. The average molecular weight is 396 g/mol. The van der Waals surface area contributed by atoms with E-state index in [2.05, 4.69) is 42.2 Å². The van der Waals surface area contributed by atoms with E-state index in [0.717, 1.165) is 29.2 Å². The summed E-state index contributed by atoms with van der Waals surface area (Å²) >= 11 is 5.15. The molecule has 0 bridgehead atoms. The van der Waals surface area contributed by atoms with Gasteiger partial charge in [0.05, 0.1) is 3.79 Å². The molecule has 0 aliphatic carbocycles. The lowest BCUT2D eigenvalue weighted by atomic mass is 10.3. The topological polar surface area (TPSA) is 61.4 Å². The first kappa shape index (κ1) is 16.2. The third-order valence-corrected chi connectivity index (χ3v) is 5.36. The predicted octanol–water partition coefficient (Wildman–Crippen LogP) is 2.37. The molecule has 2 amide bonds.